The van der Waals surface area contributed by atoms with E-state index in [1.165, 1.54) is 0 Å². The van der Waals surface area contributed by atoms with Crippen molar-refractivity contribution in [1.29, 1.82) is 0 Å². The van der Waals surface area contributed by atoms with Crippen molar-refractivity contribution in [2.75, 3.05) is 39.8 Å². The summed E-state index contributed by atoms with van der Waals surface area (Å²) in [4.78, 5) is 17.0. The monoisotopic (exact) mass is 253 g/mol. The highest BCUT2D eigenvalue weighted by Crippen LogP contribution is 2.23. The molecule has 0 aromatic heterocycles. The van der Waals surface area contributed by atoms with Gasteiger partial charge in [0.1, 0.15) is 0 Å². The average Bonchev–Trinajstić information content (AvgIpc) is 2.31. The van der Waals surface area contributed by atoms with Gasteiger partial charge in [-0.15, -0.1) is 0 Å². The van der Waals surface area contributed by atoms with Crippen LogP contribution < -0.4 is 5.32 Å². The molecule has 104 valence electrons. The van der Waals surface area contributed by atoms with Gasteiger partial charge in [0, 0.05) is 31.7 Å². The fourth-order valence-electron chi connectivity index (χ4n) is 3.03. The molecular formula is C14H27N3O. The summed E-state index contributed by atoms with van der Waals surface area (Å²) in [5, 5.41) is 3.38. The minimum absolute atomic E-state index is 0.0988. The lowest BCUT2D eigenvalue weighted by molar-refractivity contribution is -0.141. The van der Waals surface area contributed by atoms with E-state index < -0.39 is 0 Å². The molecule has 2 saturated heterocycles. The van der Waals surface area contributed by atoms with Gasteiger partial charge in [0.15, 0.2) is 0 Å². The smallest absolute Gasteiger partial charge is 0.227 e. The topological polar surface area (TPSA) is 35.6 Å². The van der Waals surface area contributed by atoms with E-state index in [4.69, 9.17) is 0 Å². The molecule has 0 saturated carbocycles. The zero-order chi connectivity index (χ0) is 13.3. The second-order valence-electron chi connectivity index (χ2n) is 6.69. The van der Waals surface area contributed by atoms with Crippen molar-refractivity contribution in [2.45, 2.75) is 32.7 Å². The fraction of sp³-hybridized carbons (Fsp3) is 0.929. The predicted octanol–water partition coefficient (Wildman–Crippen LogP) is 0.785. The third-order valence-electron chi connectivity index (χ3n) is 4.55. The molecule has 1 amide bonds. The normalized spacial score (nSPS) is 33.4. The lowest BCUT2D eigenvalue weighted by Gasteiger charge is -2.46. The van der Waals surface area contributed by atoms with Gasteiger partial charge >= 0.3 is 0 Å². The van der Waals surface area contributed by atoms with Crippen molar-refractivity contribution in [1.82, 2.24) is 15.1 Å². The van der Waals surface area contributed by atoms with Crippen LogP contribution in [-0.2, 0) is 4.79 Å². The molecule has 4 heteroatoms. The molecule has 0 spiro atoms. The average molecular weight is 253 g/mol. The van der Waals surface area contributed by atoms with Crippen LogP contribution in [-0.4, -0.2) is 61.0 Å². The number of rotatable bonds is 1. The number of carbonyl (C=O) groups is 1. The molecule has 2 aliphatic rings. The number of amides is 1. The molecule has 2 heterocycles. The van der Waals surface area contributed by atoms with Crippen molar-refractivity contribution < 1.29 is 4.79 Å². The lowest BCUT2D eigenvalue weighted by Crippen LogP contribution is -2.60. The van der Waals surface area contributed by atoms with Crippen LogP contribution >= 0.6 is 0 Å². The Morgan fingerprint density at radius 3 is 2.61 bits per heavy atom. The third kappa shape index (κ3) is 2.86. The maximum atomic E-state index is 12.6. The van der Waals surface area contributed by atoms with Crippen LogP contribution in [0.4, 0.5) is 0 Å². The number of likely N-dealkylation sites (N-methyl/N-ethyl adjacent to an activating group) is 1. The third-order valence-corrected chi connectivity index (χ3v) is 4.55. The van der Waals surface area contributed by atoms with Crippen molar-refractivity contribution in [3.8, 4) is 0 Å². The highest BCUT2D eigenvalue weighted by Gasteiger charge is 2.36. The van der Waals surface area contributed by atoms with Crippen LogP contribution in [0.2, 0.25) is 0 Å². The van der Waals surface area contributed by atoms with Gasteiger partial charge < -0.3 is 10.2 Å². The Bertz CT molecular complexity index is 316. The first-order valence-electron chi connectivity index (χ1n) is 7.11. The summed E-state index contributed by atoms with van der Waals surface area (Å²) >= 11 is 0. The zero-order valence-corrected chi connectivity index (χ0v) is 12.2. The second-order valence-corrected chi connectivity index (χ2v) is 6.69. The van der Waals surface area contributed by atoms with Gasteiger partial charge in [-0.1, -0.05) is 6.92 Å². The van der Waals surface area contributed by atoms with Gasteiger partial charge in [0.25, 0.3) is 0 Å². The second kappa shape index (κ2) is 5.17. The molecule has 0 aliphatic carbocycles. The predicted molar refractivity (Wildman–Crippen MR) is 73.4 cm³/mol. The van der Waals surface area contributed by atoms with Crippen LogP contribution in [0, 0.1) is 11.8 Å². The summed E-state index contributed by atoms with van der Waals surface area (Å²) in [6, 6.07) is 0. The molecule has 0 radical (unpaired) electrons. The Labute approximate surface area is 111 Å². The van der Waals surface area contributed by atoms with E-state index in [1.807, 2.05) is 0 Å². The Morgan fingerprint density at radius 2 is 2.00 bits per heavy atom. The summed E-state index contributed by atoms with van der Waals surface area (Å²) in [6.45, 7) is 11.3. The molecule has 2 aliphatic heterocycles. The number of piperidine rings is 1. The standard InChI is InChI=1S/C14H27N3O/c1-11-7-12(9-15-8-11)13(18)17-6-5-16(4)14(2,3)10-17/h11-12,15H,5-10H2,1-4H3. The van der Waals surface area contributed by atoms with Crippen LogP contribution in [0.25, 0.3) is 0 Å². The van der Waals surface area contributed by atoms with Crippen molar-refractivity contribution in [2.24, 2.45) is 11.8 Å². The van der Waals surface area contributed by atoms with Gasteiger partial charge in [-0.3, -0.25) is 9.69 Å². The first kappa shape index (κ1) is 13.8. The van der Waals surface area contributed by atoms with E-state index in [1.54, 1.807) is 0 Å². The van der Waals surface area contributed by atoms with E-state index in [2.05, 4.69) is 42.9 Å². The SMILES string of the molecule is CC1CNCC(C(=O)N2CCN(C)C(C)(C)C2)C1. The van der Waals surface area contributed by atoms with E-state index in [0.29, 0.717) is 11.8 Å². The first-order valence-corrected chi connectivity index (χ1v) is 7.11. The molecule has 0 bridgehead atoms. The molecular weight excluding hydrogens is 226 g/mol. The van der Waals surface area contributed by atoms with Crippen LogP contribution in [0.3, 0.4) is 0 Å². The number of carbonyl (C=O) groups excluding carboxylic acids is 1. The zero-order valence-electron chi connectivity index (χ0n) is 12.2. The van der Waals surface area contributed by atoms with Gasteiger partial charge in [0.05, 0.1) is 5.92 Å². The summed E-state index contributed by atoms with van der Waals surface area (Å²) < 4.78 is 0. The van der Waals surface area contributed by atoms with Gasteiger partial charge in [0.2, 0.25) is 5.91 Å². The molecule has 2 rings (SSSR count). The van der Waals surface area contributed by atoms with E-state index in [-0.39, 0.29) is 11.5 Å². The Hall–Kier alpha value is -0.610. The highest BCUT2D eigenvalue weighted by atomic mass is 16.2. The maximum Gasteiger partial charge on any atom is 0.227 e. The maximum absolute atomic E-state index is 12.6. The van der Waals surface area contributed by atoms with Crippen LogP contribution in [0.15, 0.2) is 0 Å². The first-order chi connectivity index (χ1) is 8.40. The molecule has 1 N–H and O–H groups in total. The summed E-state index contributed by atoms with van der Waals surface area (Å²) in [7, 11) is 2.14. The quantitative estimate of drug-likeness (QED) is 0.750. The van der Waals surface area contributed by atoms with Crippen molar-refractivity contribution in [3.05, 3.63) is 0 Å². The summed E-state index contributed by atoms with van der Waals surface area (Å²) in [6.07, 6.45) is 1.04. The molecule has 2 unspecified atom stereocenters. The molecule has 18 heavy (non-hydrogen) atoms. The van der Waals surface area contributed by atoms with Gasteiger partial charge in [-0.25, -0.2) is 0 Å². The number of nitrogens with zero attached hydrogens (tertiary/aromatic N) is 2. The Kier molecular flexibility index (Phi) is 3.97. The fourth-order valence-corrected chi connectivity index (χ4v) is 3.03. The number of hydrogen-bond acceptors (Lipinski definition) is 3. The minimum atomic E-state index is 0.0988. The Balaban J connectivity index is 1.97. The van der Waals surface area contributed by atoms with Crippen molar-refractivity contribution in [3.63, 3.8) is 0 Å². The van der Waals surface area contributed by atoms with E-state index in [9.17, 15) is 4.79 Å². The largest absolute Gasteiger partial charge is 0.339 e. The van der Waals surface area contributed by atoms with Crippen molar-refractivity contribution >= 4 is 5.91 Å². The number of nitrogens with one attached hydrogen (secondary N) is 1. The minimum Gasteiger partial charge on any atom is -0.339 e. The van der Waals surface area contributed by atoms with E-state index >= 15 is 0 Å². The Morgan fingerprint density at radius 1 is 1.28 bits per heavy atom. The van der Waals surface area contributed by atoms with Crippen LogP contribution in [0.1, 0.15) is 27.2 Å². The van der Waals surface area contributed by atoms with Crippen LogP contribution in [0.5, 0.6) is 0 Å². The molecule has 2 fully saturated rings. The molecule has 4 nitrogen and oxygen atoms in total. The van der Waals surface area contributed by atoms with Gasteiger partial charge in [-0.05, 0) is 39.8 Å². The lowest BCUT2D eigenvalue weighted by atomic mass is 9.89. The molecule has 2 atom stereocenters. The summed E-state index contributed by atoms with van der Waals surface area (Å²) in [5.41, 5.74) is 0.0988. The number of piperazine rings is 1. The van der Waals surface area contributed by atoms with E-state index in [0.717, 1.165) is 39.1 Å². The summed E-state index contributed by atoms with van der Waals surface area (Å²) in [5.74, 6) is 1.16. The highest BCUT2D eigenvalue weighted by molar-refractivity contribution is 5.79. The molecule has 0 aromatic rings. The number of hydrogen-bond donors (Lipinski definition) is 1. The van der Waals surface area contributed by atoms with Gasteiger partial charge in [-0.2, -0.15) is 0 Å². The molecule has 0 aromatic carbocycles.